The molecule has 0 saturated heterocycles. The zero-order chi connectivity index (χ0) is 22.8. The van der Waals surface area contributed by atoms with Crippen LogP contribution in [0.3, 0.4) is 0 Å². The number of anilines is 1. The van der Waals surface area contributed by atoms with Gasteiger partial charge < -0.3 is 10.8 Å². The van der Waals surface area contributed by atoms with Crippen LogP contribution in [-0.4, -0.2) is 41.3 Å². The normalized spacial score (nSPS) is 12.6. The van der Waals surface area contributed by atoms with E-state index in [-0.39, 0.29) is 4.90 Å². The molecule has 0 bridgehead atoms. The van der Waals surface area contributed by atoms with Gasteiger partial charge >= 0.3 is 5.97 Å². The van der Waals surface area contributed by atoms with E-state index in [9.17, 15) is 18.3 Å². The summed E-state index contributed by atoms with van der Waals surface area (Å²) in [6, 6.07) is 12.3. The third kappa shape index (κ3) is 4.61. The first-order valence-corrected chi connectivity index (χ1v) is 10.9. The number of fused-ring (bicyclic) bond motifs is 1. The van der Waals surface area contributed by atoms with Gasteiger partial charge in [0, 0.05) is 34.8 Å². The standard InChI is InChI=1S/C20H20ClN5O4S/c1-13(14-5-3-2-4-6-14)25(12-19(27)28)31(29,30)16-7-8-17-15(9-16)10-24-11-18(17)26(21)20(22)23/h2-11,13H,12H2,1H3,(H3,22,23)(H,27,28)/t13-/m0/s1. The lowest BCUT2D eigenvalue weighted by atomic mass is 10.1. The molecule has 1 aromatic heterocycles. The third-order valence-electron chi connectivity index (χ3n) is 4.74. The number of hydrogen-bond acceptors (Lipinski definition) is 5. The Hall–Kier alpha value is -3.21. The number of pyridine rings is 1. The summed E-state index contributed by atoms with van der Waals surface area (Å²) in [5, 5.41) is 17.8. The zero-order valence-electron chi connectivity index (χ0n) is 16.4. The smallest absolute Gasteiger partial charge is 0.318 e. The van der Waals surface area contributed by atoms with Crippen LogP contribution in [0, 0.1) is 5.41 Å². The van der Waals surface area contributed by atoms with E-state index in [2.05, 4.69) is 4.98 Å². The van der Waals surface area contributed by atoms with Crippen molar-refractivity contribution < 1.29 is 18.3 Å². The lowest BCUT2D eigenvalue weighted by Gasteiger charge is -2.27. The molecule has 0 aliphatic heterocycles. The number of nitrogens with one attached hydrogen (secondary N) is 1. The van der Waals surface area contributed by atoms with Gasteiger partial charge in [0.05, 0.1) is 16.8 Å². The first kappa shape index (κ1) is 22.5. The second kappa shape index (κ2) is 8.88. The number of rotatable bonds is 7. The van der Waals surface area contributed by atoms with Crippen LogP contribution >= 0.6 is 11.8 Å². The molecule has 0 fully saturated rings. The number of carboxylic acids is 1. The van der Waals surface area contributed by atoms with Crippen molar-refractivity contribution in [3.8, 4) is 0 Å². The van der Waals surface area contributed by atoms with E-state index in [1.807, 2.05) is 0 Å². The Morgan fingerprint density at radius 2 is 1.90 bits per heavy atom. The van der Waals surface area contributed by atoms with E-state index < -0.39 is 34.5 Å². The van der Waals surface area contributed by atoms with Crippen molar-refractivity contribution in [2.24, 2.45) is 5.73 Å². The molecule has 162 valence electrons. The zero-order valence-corrected chi connectivity index (χ0v) is 18.0. The molecule has 3 rings (SSSR count). The topological polar surface area (TPSA) is 141 Å². The summed E-state index contributed by atoms with van der Waals surface area (Å²) in [4.78, 5) is 15.4. The van der Waals surface area contributed by atoms with Gasteiger partial charge in [-0.05, 0) is 24.6 Å². The summed E-state index contributed by atoms with van der Waals surface area (Å²) in [6.07, 6.45) is 2.85. The number of nitrogens with two attached hydrogens (primary N) is 1. The lowest BCUT2D eigenvalue weighted by Crippen LogP contribution is -2.37. The predicted molar refractivity (Wildman–Crippen MR) is 118 cm³/mol. The molecule has 4 N–H and O–H groups in total. The minimum absolute atomic E-state index is 0.0908. The van der Waals surface area contributed by atoms with Crippen LogP contribution in [0.5, 0.6) is 0 Å². The monoisotopic (exact) mass is 461 g/mol. The predicted octanol–water partition coefficient (Wildman–Crippen LogP) is 2.92. The van der Waals surface area contributed by atoms with Gasteiger partial charge in [-0.15, -0.1) is 0 Å². The molecule has 0 unspecified atom stereocenters. The summed E-state index contributed by atoms with van der Waals surface area (Å²) in [6.45, 7) is 0.934. The molecule has 0 amide bonds. The summed E-state index contributed by atoms with van der Waals surface area (Å²) in [7, 11) is -4.17. The van der Waals surface area contributed by atoms with Crippen molar-refractivity contribution in [2.45, 2.75) is 17.9 Å². The Bertz CT molecular complexity index is 1240. The molecule has 11 heteroatoms. The van der Waals surface area contributed by atoms with Crippen LogP contribution in [0.1, 0.15) is 18.5 Å². The number of carbonyl (C=O) groups is 1. The van der Waals surface area contributed by atoms with E-state index >= 15 is 0 Å². The van der Waals surface area contributed by atoms with Crippen molar-refractivity contribution in [3.05, 3.63) is 66.5 Å². The fourth-order valence-corrected chi connectivity index (χ4v) is 4.92. The quantitative estimate of drug-likeness (QED) is 0.279. The minimum atomic E-state index is -4.17. The maximum Gasteiger partial charge on any atom is 0.318 e. The highest BCUT2D eigenvalue weighted by Crippen LogP contribution is 2.32. The Morgan fingerprint density at radius 1 is 1.23 bits per heavy atom. The Morgan fingerprint density at radius 3 is 2.52 bits per heavy atom. The van der Waals surface area contributed by atoms with Crippen LogP contribution in [-0.2, 0) is 14.8 Å². The van der Waals surface area contributed by atoms with Gasteiger partial charge in [-0.1, -0.05) is 36.4 Å². The maximum absolute atomic E-state index is 13.4. The highest BCUT2D eigenvalue weighted by atomic mass is 35.5. The number of sulfonamides is 1. The van der Waals surface area contributed by atoms with Crippen molar-refractivity contribution in [3.63, 3.8) is 0 Å². The van der Waals surface area contributed by atoms with Gasteiger partial charge in [-0.25, -0.2) is 12.8 Å². The molecule has 9 nitrogen and oxygen atoms in total. The fourth-order valence-electron chi connectivity index (χ4n) is 3.18. The molecule has 0 spiro atoms. The molecule has 0 radical (unpaired) electrons. The summed E-state index contributed by atoms with van der Waals surface area (Å²) in [5.74, 6) is -1.69. The first-order valence-electron chi connectivity index (χ1n) is 9.09. The molecule has 1 atom stereocenters. The molecular formula is C20H20ClN5O4S. The number of benzene rings is 2. The van der Waals surface area contributed by atoms with Crippen LogP contribution in [0.15, 0.2) is 65.8 Å². The lowest BCUT2D eigenvalue weighted by molar-refractivity contribution is -0.137. The van der Waals surface area contributed by atoms with E-state index in [0.717, 1.165) is 8.72 Å². The highest BCUT2D eigenvalue weighted by molar-refractivity contribution is 7.89. The first-order chi connectivity index (χ1) is 14.6. The van der Waals surface area contributed by atoms with Crippen molar-refractivity contribution in [2.75, 3.05) is 11.0 Å². The number of hydrogen-bond donors (Lipinski definition) is 3. The Labute approximate surface area is 184 Å². The van der Waals surface area contributed by atoms with Gasteiger partial charge in [-0.2, -0.15) is 4.31 Å². The van der Waals surface area contributed by atoms with Gasteiger partial charge in [0.1, 0.15) is 6.54 Å². The van der Waals surface area contributed by atoms with Gasteiger partial charge in [0.2, 0.25) is 16.0 Å². The van der Waals surface area contributed by atoms with Crippen molar-refractivity contribution in [1.29, 1.82) is 5.41 Å². The maximum atomic E-state index is 13.4. The summed E-state index contributed by atoms with van der Waals surface area (Å²) >= 11 is 6.02. The molecule has 0 aliphatic rings. The number of nitrogens with zero attached hydrogens (tertiary/aromatic N) is 3. The minimum Gasteiger partial charge on any atom is -0.480 e. The van der Waals surface area contributed by atoms with Crippen LogP contribution in [0.2, 0.25) is 0 Å². The van der Waals surface area contributed by atoms with Crippen LogP contribution in [0.4, 0.5) is 5.69 Å². The third-order valence-corrected chi connectivity index (χ3v) is 7.02. The van der Waals surface area contributed by atoms with Crippen LogP contribution < -0.4 is 10.2 Å². The average molecular weight is 462 g/mol. The molecular weight excluding hydrogens is 442 g/mol. The number of halogens is 1. The number of carboxylic acid groups (broad SMARTS) is 1. The number of aromatic nitrogens is 1. The molecule has 0 aliphatic carbocycles. The van der Waals surface area contributed by atoms with E-state index in [0.29, 0.717) is 22.0 Å². The molecule has 2 aromatic carbocycles. The van der Waals surface area contributed by atoms with Gasteiger partial charge in [0.25, 0.3) is 0 Å². The van der Waals surface area contributed by atoms with E-state index in [4.69, 9.17) is 22.9 Å². The average Bonchev–Trinajstić information content (AvgIpc) is 2.76. The molecule has 0 saturated carbocycles. The van der Waals surface area contributed by atoms with Crippen molar-refractivity contribution in [1.82, 2.24) is 9.29 Å². The van der Waals surface area contributed by atoms with Gasteiger partial charge in [0.15, 0.2) is 0 Å². The SMILES string of the molecule is C[C@@H](c1ccccc1)N(CC(=O)O)S(=O)(=O)c1ccc2c(N(Cl)C(=N)N)cncc2c1. The Balaban J connectivity index is 2.09. The van der Waals surface area contributed by atoms with Crippen molar-refractivity contribution >= 4 is 50.2 Å². The molecule has 31 heavy (non-hydrogen) atoms. The van der Waals surface area contributed by atoms with Gasteiger partial charge in [-0.3, -0.25) is 15.2 Å². The van der Waals surface area contributed by atoms with E-state index in [1.165, 1.54) is 30.6 Å². The number of aliphatic carboxylic acids is 1. The molecule has 3 aromatic rings. The summed E-state index contributed by atoms with van der Waals surface area (Å²) < 4.78 is 28.6. The molecule has 1 heterocycles. The number of guanidine groups is 1. The summed E-state index contributed by atoms with van der Waals surface area (Å²) in [5.41, 5.74) is 6.40. The Kier molecular flexibility index (Phi) is 6.44. The van der Waals surface area contributed by atoms with Crippen LogP contribution in [0.25, 0.3) is 10.8 Å². The highest BCUT2D eigenvalue weighted by Gasteiger charge is 2.32. The second-order valence-electron chi connectivity index (χ2n) is 6.74. The van der Waals surface area contributed by atoms with E-state index in [1.54, 1.807) is 37.3 Å². The largest absolute Gasteiger partial charge is 0.480 e. The second-order valence-corrected chi connectivity index (χ2v) is 8.97. The fraction of sp³-hybridized carbons (Fsp3) is 0.150.